The fourth-order valence-corrected chi connectivity index (χ4v) is 7.49. The first kappa shape index (κ1) is 32.2. The molecule has 0 spiro atoms. The van der Waals surface area contributed by atoms with Crippen molar-refractivity contribution in [1.82, 2.24) is 15.0 Å². The standard InChI is InChI=1S/C51H33N3O/c1-5-16-34(17-6-1)40-24-13-14-25-41(40)38-28-30-42(39-29-31-44-45-27-15-26-43(35-18-7-2-8-19-35)48(45)55-47(44)33-39)46(32-38)51-53-49(36-20-9-3-10-21-36)52-50(54-51)37-22-11-4-12-23-37/h1-33H. The lowest BCUT2D eigenvalue weighted by molar-refractivity contribution is 0.670. The molecule has 0 aliphatic heterocycles. The van der Waals surface area contributed by atoms with Gasteiger partial charge in [0.05, 0.1) is 0 Å². The van der Waals surface area contributed by atoms with Crippen LogP contribution in [0.3, 0.4) is 0 Å². The van der Waals surface area contributed by atoms with Crippen molar-refractivity contribution in [3.63, 3.8) is 0 Å². The molecule has 10 aromatic rings. The van der Waals surface area contributed by atoms with Gasteiger partial charge in [-0.1, -0.05) is 182 Å². The van der Waals surface area contributed by atoms with Crippen LogP contribution in [0.1, 0.15) is 0 Å². The molecule has 4 heteroatoms. The molecule has 0 fully saturated rings. The average Bonchev–Trinajstić information content (AvgIpc) is 3.65. The van der Waals surface area contributed by atoms with Crippen LogP contribution >= 0.6 is 0 Å². The minimum atomic E-state index is 0.595. The first-order valence-corrected chi connectivity index (χ1v) is 18.4. The number of fused-ring (bicyclic) bond motifs is 3. The van der Waals surface area contributed by atoms with E-state index in [1.807, 2.05) is 66.7 Å². The Morgan fingerprint density at radius 1 is 0.273 bits per heavy atom. The van der Waals surface area contributed by atoms with Crippen molar-refractivity contribution < 1.29 is 4.42 Å². The molecule has 0 N–H and O–H groups in total. The van der Waals surface area contributed by atoms with Crippen LogP contribution in [0.15, 0.2) is 205 Å². The number of hydrogen-bond acceptors (Lipinski definition) is 4. The first-order valence-electron chi connectivity index (χ1n) is 18.4. The molecule has 2 aromatic heterocycles. The lowest BCUT2D eigenvalue weighted by atomic mass is 9.90. The van der Waals surface area contributed by atoms with Gasteiger partial charge in [0, 0.05) is 33.0 Å². The molecule has 10 rings (SSSR count). The van der Waals surface area contributed by atoms with Crippen LogP contribution in [0.25, 0.3) is 101 Å². The lowest BCUT2D eigenvalue weighted by Crippen LogP contribution is -2.01. The van der Waals surface area contributed by atoms with E-state index in [2.05, 4.69) is 133 Å². The molecule has 55 heavy (non-hydrogen) atoms. The van der Waals surface area contributed by atoms with Gasteiger partial charge in [0.15, 0.2) is 17.5 Å². The Morgan fingerprint density at radius 2 is 0.727 bits per heavy atom. The highest BCUT2D eigenvalue weighted by molar-refractivity contribution is 6.10. The third-order valence-electron chi connectivity index (χ3n) is 10.2. The molecule has 258 valence electrons. The number of furan rings is 1. The summed E-state index contributed by atoms with van der Waals surface area (Å²) in [6.07, 6.45) is 0. The zero-order chi connectivity index (χ0) is 36.6. The van der Waals surface area contributed by atoms with Crippen molar-refractivity contribution in [3.05, 3.63) is 200 Å². The van der Waals surface area contributed by atoms with Crippen LogP contribution in [0.4, 0.5) is 0 Å². The Morgan fingerprint density at radius 3 is 1.35 bits per heavy atom. The summed E-state index contributed by atoms with van der Waals surface area (Å²) in [6.45, 7) is 0. The second kappa shape index (κ2) is 13.8. The quantitative estimate of drug-likeness (QED) is 0.166. The van der Waals surface area contributed by atoms with E-state index in [0.717, 1.165) is 83.1 Å². The summed E-state index contributed by atoms with van der Waals surface area (Å²) in [7, 11) is 0. The highest BCUT2D eigenvalue weighted by Crippen LogP contribution is 2.42. The number of benzene rings is 8. The molecule has 0 atom stereocenters. The maximum Gasteiger partial charge on any atom is 0.164 e. The third kappa shape index (κ3) is 6.06. The smallest absolute Gasteiger partial charge is 0.164 e. The molecule has 2 heterocycles. The first-order chi connectivity index (χ1) is 27.3. The maximum atomic E-state index is 6.72. The predicted molar refractivity (Wildman–Crippen MR) is 225 cm³/mol. The SMILES string of the molecule is c1ccc(-c2nc(-c3ccccc3)nc(-c3cc(-c4ccccc4-c4ccccc4)ccc3-c3ccc4c(c3)oc3c(-c5ccccc5)cccc34)n2)cc1. The Kier molecular flexibility index (Phi) is 8.12. The van der Waals surface area contributed by atoms with Gasteiger partial charge >= 0.3 is 0 Å². The average molecular weight is 704 g/mol. The van der Waals surface area contributed by atoms with E-state index in [-0.39, 0.29) is 0 Å². The van der Waals surface area contributed by atoms with Crippen molar-refractivity contribution in [2.24, 2.45) is 0 Å². The zero-order valence-corrected chi connectivity index (χ0v) is 29.8. The van der Waals surface area contributed by atoms with Gasteiger partial charge in [-0.25, -0.2) is 15.0 Å². The van der Waals surface area contributed by atoms with Crippen LogP contribution in [0.2, 0.25) is 0 Å². The van der Waals surface area contributed by atoms with E-state index in [0.29, 0.717) is 17.5 Å². The van der Waals surface area contributed by atoms with Gasteiger partial charge in [-0.15, -0.1) is 0 Å². The molecule has 0 aliphatic rings. The molecule has 0 unspecified atom stereocenters. The Hall–Kier alpha value is -7.43. The fraction of sp³-hybridized carbons (Fsp3) is 0. The van der Waals surface area contributed by atoms with Gasteiger partial charge in [-0.2, -0.15) is 0 Å². The Balaban J connectivity index is 1.21. The summed E-state index contributed by atoms with van der Waals surface area (Å²) in [5.74, 6) is 1.83. The van der Waals surface area contributed by atoms with Crippen LogP contribution in [-0.4, -0.2) is 15.0 Å². The van der Waals surface area contributed by atoms with Gasteiger partial charge < -0.3 is 4.42 Å². The summed E-state index contributed by atoms with van der Waals surface area (Å²) < 4.78 is 6.72. The van der Waals surface area contributed by atoms with Crippen molar-refractivity contribution in [2.45, 2.75) is 0 Å². The van der Waals surface area contributed by atoms with Crippen LogP contribution in [0.5, 0.6) is 0 Å². The summed E-state index contributed by atoms with van der Waals surface area (Å²) >= 11 is 0. The summed E-state index contributed by atoms with van der Waals surface area (Å²) in [5.41, 5.74) is 13.2. The fourth-order valence-electron chi connectivity index (χ4n) is 7.49. The molecule has 0 saturated heterocycles. The van der Waals surface area contributed by atoms with Crippen molar-refractivity contribution in [1.29, 1.82) is 0 Å². The van der Waals surface area contributed by atoms with Crippen LogP contribution < -0.4 is 0 Å². The zero-order valence-electron chi connectivity index (χ0n) is 29.8. The van der Waals surface area contributed by atoms with Crippen LogP contribution in [0, 0.1) is 0 Å². The second-order valence-corrected chi connectivity index (χ2v) is 13.6. The van der Waals surface area contributed by atoms with Gasteiger partial charge in [0.25, 0.3) is 0 Å². The van der Waals surface area contributed by atoms with Gasteiger partial charge in [0.2, 0.25) is 0 Å². The van der Waals surface area contributed by atoms with E-state index < -0.39 is 0 Å². The van der Waals surface area contributed by atoms with Crippen molar-refractivity contribution in [3.8, 4) is 78.7 Å². The molecule has 0 saturated carbocycles. The molecule has 8 aromatic carbocycles. The maximum absolute atomic E-state index is 6.72. The summed E-state index contributed by atoms with van der Waals surface area (Å²) in [5, 5.41) is 2.16. The molecule has 0 aliphatic carbocycles. The molecule has 0 radical (unpaired) electrons. The van der Waals surface area contributed by atoms with Gasteiger partial charge in [-0.3, -0.25) is 0 Å². The van der Waals surface area contributed by atoms with Gasteiger partial charge in [0.1, 0.15) is 11.2 Å². The number of rotatable bonds is 7. The summed E-state index contributed by atoms with van der Waals surface area (Å²) in [6, 6.07) is 69.2. The Bertz CT molecular complexity index is 2900. The number of para-hydroxylation sites is 1. The number of nitrogens with zero attached hydrogens (tertiary/aromatic N) is 3. The van der Waals surface area contributed by atoms with E-state index >= 15 is 0 Å². The highest BCUT2D eigenvalue weighted by Gasteiger charge is 2.20. The topological polar surface area (TPSA) is 51.8 Å². The highest BCUT2D eigenvalue weighted by atomic mass is 16.3. The normalized spacial score (nSPS) is 11.3. The molecule has 0 bridgehead atoms. The van der Waals surface area contributed by atoms with E-state index in [1.165, 1.54) is 0 Å². The third-order valence-corrected chi connectivity index (χ3v) is 10.2. The molecular formula is C51H33N3O. The van der Waals surface area contributed by atoms with Crippen molar-refractivity contribution in [2.75, 3.05) is 0 Å². The predicted octanol–water partition coefficient (Wildman–Crippen LogP) is 13.4. The van der Waals surface area contributed by atoms with E-state index in [9.17, 15) is 0 Å². The molecule has 0 amide bonds. The Labute approximate surface area is 319 Å². The monoisotopic (exact) mass is 703 g/mol. The number of aromatic nitrogens is 3. The molecule has 4 nitrogen and oxygen atoms in total. The van der Waals surface area contributed by atoms with E-state index in [4.69, 9.17) is 19.4 Å². The molecular weight excluding hydrogens is 671 g/mol. The lowest BCUT2D eigenvalue weighted by Gasteiger charge is -2.16. The van der Waals surface area contributed by atoms with E-state index in [1.54, 1.807) is 0 Å². The van der Waals surface area contributed by atoms with Gasteiger partial charge in [-0.05, 0) is 57.1 Å². The summed E-state index contributed by atoms with van der Waals surface area (Å²) in [4.78, 5) is 15.4. The minimum Gasteiger partial charge on any atom is -0.455 e. The minimum absolute atomic E-state index is 0.595. The van der Waals surface area contributed by atoms with Crippen molar-refractivity contribution >= 4 is 21.9 Å². The number of hydrogen-bond donors (Lipinski definition) is 0. The van der Waals surface area contributed by atoms with Crippen LogP contribution in [-0.2, 0) is 0 Å². The second-order valence-electron chi connectivity index (χ2n) is 13.6. The largest absolute Gasteiger partial charge is 0.455 e.